The molecule has 1 aliphatic rings. The summed E-state index contributed by atoms with van der Waals surface area (Å²) in [6, 6.07) is 5.55. The van der Waals surface area contributed by atoms with Crippen molar-refractivity contribution in [2.75, 3.05) is 6.54 Å². The Kier molecular flexibility index (Phi) is 4.49. The first-order chi connectivity index (χ1) is 8.58. The third kappa shape index (κ3) is 3.16. The number of carboxylic acids is 1. The maximum absolute atomic E-state index is 10.8. The van der Waals surface area contributed by atoms with E-state index in [0.29, 0.717) is 10.0 Å². The van der Waals surface area contributed by atoms with Gasteiger partial charge in [-0.3, -0.25) is 4.79 Å². The van der Waals surface area contributed by atoms with Gasteiger partial charge in [-0.25, -0.2) is 0 Å². The molecule has 1 aromatic rings. The Balaban J connectivity index is 1.80. The molecule has 0 saturated heterocycles. The topological polar surface area (TPSA) is 49.3 Å². The highest BCUT2D eigenvalue weighted by Crippen LogP contribution is 2.27. The number of carboxylic acid groups (broad SMARTS) is 1. The van der Waals surface area contributed by atoms with Gasteiger partial charge in [-0.1, -0.05) is 29.3 Å². The maximum Gasteiger partial charge on any atom is 0.308 e. The smallest absolute Gasteiger partial charge is 0.308 e. The van der Waals surface area contributed by atoms with E-state index >= 15 is 0 Å². The molecule has 5 heteroatoms. The highest BCUT2D eigenvalue weighted by Gasteiger charge is 2.35. The van der Waals surface area contributed by atoms with Gasteiger partial charge >= 0.3 is 5.97 Å². The van der Waals surface area contributed by atoms with Crippen LogP contribution in [-0.2, 0) is 11.2 Å². The molecule has 0 spiro atoms. The molecule has 0 bridgehead atoms. The predicted molar refractivity (Wildman–Crippen MR) is 72.3 cm³/mol. The monoisotopic (exact) mass is 287 g/mol. The van der Waals surface area contributed by atoms with Crippen molar-refractivity contribution < 1.29 is 9.90 Å². The number of hydrogen-bond donors (Lipinski definition) is 2. The second-order valence-corrected chi connectivity index (χ2v) is 5.41. The highest BCUT2D eigenvalue weighted by atomic mass is 35.5. The van der Waals surface area contributed by atoms with Gasteiger partial charge in [0.2, 0.25) is 0 Å². The number of nitrogens with one attached hydrogen (secondary N) is 1. The van der Waals surface area contributed by atoms with Crippen LogP contribution in [0.2, 0.25) is 10.0 Å². The highest BCUT2D eigenvalue weighted by molar-refractivity contribution is 6.35. The summed E-state index contributed by atoms with van der Waals surface area (Å²) in [5, 5.41) is 13.5. The minimum Gasteiger partial charge on any atom is -0.481 e. The van der Waals surface area contributed by atoms with Crippen molar-refractivity contribution in [3.63, 3.8) is 0 Å². The zero-order chi connectivity index (χ0) is 13.1. The molecule has 2 N–H and O–H groups in total. The van der Waals surface area contributed by atoms with Crippen LogP contribution in [-0.4, -0.2) is 23.7 Å². The Labute approximate surface area is 116 Å². The summed E-state index contributed by atoms with van der Waals surface area (Å²) in [5.41, 5.74) is 1.03. The number of rotatable bonds is 5. The van der Waals surface area contributed by atoms with Gasteiger partial charge in [0.25, 0.3) is 0 Å². The van der Waals surface area contributed by atoms with E-state index in [1.54, 1.807) is 6.07 Å². The van der Waals surface area contributed by atoms with E-state index in [2.05, 4.69) is 5.32 Å². The van der Waals surface area contributed by atoms with Crippen molar-refractivity contribution in [2.45, 2.75) is 25.3 Å². The van der Waals surface area contributed by atoms with Gasteiger partial charge in [-0.2, -0.15) is 0 Å². The molecule has 1 aromatic carbocycles. The van der Waals surface area contributed by atoms with Crippen LogP contribution in [0.3, 0.4) is 0 Å². The minimum absolute atomic E-state index is 0.105. The molecule has 0 aromatic heterocycles. The van der Waals surface area contributed by atoms with Crippen LogP contribution in [0.25, 0.3) is 0 Å². The first-order valence-electron chi connectivity index (χ1n) is 5.98. The fourth-order valence-electron chi connectivity index (χ4n) is 2.16. The molecule has 0 aliphatic heterocycles. The molecule has 0 amide bonds. The Hall–Kier alpha value is -0.770. The number of halogens is 2. The molecule has 2 atom stereocenters. The molecule has 18 heavy (non-hydrogen) atoms. The van der Waals surface area contributed by atoms with Crippen LogP contribution in [0.15, 0.2) is 18.2 Å². The molecule has 0 heterocycles. The van der Waals surface area contributed by atoms with Crippen LogP contribution in [0.1, 0.15) is 18.4 Å². The maximum atomic E-state index is 10.8. The van der Waals surface area contributed by atoms with E-state index in [4.69, 9.17) is 28.3 Å². The summed E-state index contributed by atoms with van der Waals surface area (Å²) in [7, 11) is 0. The number of hydrogen-bond acceptors (Lipinski definition) is 2. The first-order valence-corrected chi connectivity index (χ1v) is 6.73. The zero-order valence-corrected chi connectivity index (χ0v) is 11.3. The lowest BCUT2D eigenvalue weighted by Crippen LogP contribution is -2.48. The van der Waals surface area contributed by atoms with Gasteiger partial charge in [0, 0.05) is 16.1 Å². The van der Waals surface area contributed by atoms with Crippen molar-refractivity contribution in [3.8, 4) is 0 Å². The SMILES string of the molecule is O=C(O)C1CCC1NCCc1ccc(Cl)cc1Cl. The second kappa shape index (κ2) is 5.91. The lowest BCUT2D eigenvalue weighted by atomic mass is 9.79. The van der Waals surface area contributed by atoms with E-state index in [-0.39, 0.29) is 12.0 Å². The molecule has 1 aliphatic carbocycles. The summed E-state index contributed by atoms with van der Waals surface area (Å²) < 4.78 is 0. The molecule has 98 valence electrons. The fourth-order valence-corrected chi connectivity index (χ4v) is 2.66. The normalized spacial score (nSPS) is 22.6. The molecular weight excluding hydrogens is 273 g/mol. The van der Waals surface area contributed by atoms with Gasteiger partial charge < -0.3 is 10.4 Å². The number of aliphatic carboxylic acids is 1. The lowest BCUT2D eigenvalue weighted by molar-refractivity contribution is -0.146. The number of benzene rings is 1. The van der Waals surface area contributed by atoms with Crippen molar-refractivity contribution in [1.82, 2.24) is 5.32 Å². The van der Waals surface area contributed by atoms with Crippen LogP contribution in [0.5, 0.6) is 0 Å². The Bertz CT molecular complexity index is 451. The summed E-state index contributed by atoms with van der Waals surface area (Å²) in [4.78, 5) is 10.8. The lowest BCUT2D eigenvalue weighted by Gasteiger charge is -2.34. The Morgan fingerprint density at radius 1 is 1.39 bits per heavy atom. The van der Waals surface area contributed by atoms with Crippen molar-refractivity contribution in [2.24, 2.45) is 5.92 Å². The summed E-state index contributed by atoms with van der Waals surface area (Å²) in [5.74, 6) is -0.936. The molecule has 1 fully saturated rings. The molecule has 0 radical (unpaired) electrons. The Morgan fingerprint density at radius 3 is 2.72 bits per heavy atom. The zero-order valence-electron chi connectivity index (χ0n) is 9.83. The van der Waals surface area contributed by atoms with Crippen LogP contribution >= 0.6 is 23.2 Å². The van der Waals surface area contributed by atoms with Crippen LogP contribution in [0.4, 0.5) is 0 Å². The second-order valence-electron chi connectivity index (χ2n) is 4.57. The van der Waals surface area contributed by atoms with E-state index in [9.17, 15) is 4.79 Å². The average molecular weight is 288 g/mol. The Morgan fingerprint density at radius 2 is 2.17 bits per heavy atom. The number of carbonyl (C=O) groups is 1. The fraction of sp³-hybridized carbons (Fsp3) is 0.462. The van der Waals surface area contributed by atoms with Gasteiger partial charge in [0.1, 0.15) is 0 Å². The summed E-state index contributed by atoms with van der Waals surface area (Å²) in [6.07, 6.45) is 2.48. The molecule has 1 saturated carbocycles. The predicted octanol–water partition coefficient (Wildman–Crippen LogP) is 2.99. The average Bonchev–Trinajstić information content (AvgIpc) is 2.24. The van der Waals surface area contributed by atoms with Crippen molar-refractivity contribution in [3.05, 3.63) is 33.8 Å². The van der Waals surface area contributed by atoms with Crippen LogP contribution in [0, 0.1) is 5.92 Å². The van der Waals surface area contributed by atoms with E-state index in [1.165, 1.54) is 0 Å². The third-order valence-corrected chi connectivity index (χ3v) is 3.99. The molecule has 3 nitrogen and oxygen atoms in total. The standard InChI is InChI=1S/C13H15Cl2NO2/c14-9-2-1-8(11(15)7-9)5-6-16-12-4-3-10(12)13(17)18/h1-2,7,10,12,16H,3-6H2,(H,17,18). The molecular formula is C13H15Cl2NO2. The van der Waals surface area contributed by atoms with E-state index in [0.717, 1.165) is 31.4 Å². The molecule has 2 unspecified atom stereocenters. The quantitative estimate of drug-likeness (QED) is 0.875. The summed E-state index contributed by atoms with van der Waals surface area (Å²) >= 11 is 11.9. The van der Waals surface area contributed by atoms with E-state index < -0.39 is 5.97 Å². The largest absolute Gasteiger partial charge is 0.481 e. The van der Waals surface area contributed by atoms with Crippen LogP contribution < -0.4 is 5.32 Å². The van der Waals surface area contributed by atoms with E-state index in [1.807, 2.05) is 12.1 Å². The summed E-state index contributed by atoms with van der Waals surface area (Å²) in [6.45, 7) is 0.732. The minimum atomic E-state index is -0.705. The third-order valence-electron chi connectivity index (χ3n) is 3.41. The van der Waals surface area contributed by atoms with Gasteiger partial charge in [0.15, 0.2) is 0 Å². The van der Waals surface area contributed by atoms with Gasteiger partial charge in [-0.15, -0.1) is 0 Å². The van der Waals surface area contributed by atoms with Gasteiger partial charge in [0.05, 0.1) is 5.92 Å². The first kappa shape index (κ1) is 13.7. The van der Waals surface area contributed by atoms with Crippen molar-refractivity contribution >= 4 is 29.2 Å². The van der Waals surface area contributed by atoms with Crippen molar-refractivity contribution in [1.29, 1.82) is 0 Å². The van der Waals surface area contributed by atoms with Gasteiger partial charge in [-0.05, 0) is 43.5 Å². The molecule has 2 rings (SSSR count).